The number of hydrogen-bond donors (Lipinski definition) is 2. The summed E-state index contributed by atoms with van der Waals surface area (Å²) in [4.78, 5) is 22.0. The number of nitrogens with two attached hydrogens (primary N) is 1. The highest BCUT2D eigenvalue weighted by atomic mass is 127. The molecule has 86 valence electrons. The van der Waals surface area contributed by atoms with Gasteiger partial charge >= 0.3 is 0 Å². The van der Waals surface area contributed by atoms with E-state index in [1.165, 1.54) is 19.1 Å². The van der Waals surface area contributed by atoms with Crippen LogP contribution in [0.15, 0.2) is 22.6 Å². The molecule has 0 bridgehead atoms. The van der Waals surface area contributed by atoms with Crippen molar-refractivity contribution in [3.63, 3.8) is 0 Å². The third kappa shape index (κ3) is 4.05. The van der Waals surface area contributed by atoms with E-state index in [4.69, 9.17) is 10.2 Å². The number of primary amides is 1. The molecule has 5 nitrogen and oxygen atoms in total. The molecule has 1 atom stereocenters. The summed E-state index contributed by atoms with van der Waals surface area (Å²) in [6, 6.07) is 2.83. The molecule has 0 aliphatic heterocycles. The Morgan fingerprint density at radius 1 is 1.56 bits per heavy atom. The molecule has 0 spiro atoms. The van der Waals surface area contributed by atoms with Crippen LogP contribution in [-0.4, -0.2) is 17.9 Å². The Kier molecular flexibility index (Phi) is 4.53. The maximum atomic E-state index is 11.3. The highest BCUT2D eigenvalue weighted by Crippen LogP contribution is 2.11. The van der Waals surface area contributed by atoms with Gasteiger partial charge in [-0.1, -0.05) is 0 Å². The van der Waals surface area contributed by atoms with Crippen molar-refractivity contribution in [3.05, 3.63) is 27.7 Å². The first-order valence-corrected chi connectivity index (χ1v) is 5.60. The predicted octanol–water partition coefficient (Wildman–Crippen LogP) is 0.887. The van der Waals surface area contributed by atoms with Crippen molar-refractivity contribution in [1.82, 2.24) is 5.32 Å². The van der Waals surface area contributed by atoms with Crippen molar-refractivity contribution in [2.75, 3.05) is 0 Å². The van der Waals surface area contributed by atoms with Gasteiger partial charge in [-0.3, -0.25) is 9.59 Å². The van der Waals surface area contributed by atoms with Crippen LogP contribution in [0.5, 0.6) is 0 Å². The molecule has 0 aromatic carbocycles. The van der Waals surface area contributed by atoms with Gasteiger partial charge in [0.2, 0.25) is 11.8 Å². The van der Waals surface area contributed by atoms with Crippen molar-refractivity contribution in [2.24, 2.45) is 5.73 Å². The second kappa shape index (κ2) is 5.69. The van der Waals surface area contributed by atoms with E-state index in [1.807, 2.05) is 22.6 Å². The number of furan rings is 1. The van der Waals surface area contributed by atoms with Gasteiger partial charge in [-0.15, -0.1) is 0 Å². The topological polar surface area (TPSA) is 85.3 Å². The minimum absolute atomic E-state index is 0.391. The van der Waals surface area contributed by atoms with Crippen molar-refractivity contribution >= 4 is 40.5 Å². The lowest BCUT2D eigenvalue weighted by atomic mass is 10.3. The first-order valence-electron chi connectivity index (χ1n) is 4.52. The molecule has 0 saturated carbocycles. The number of carbonyl (C=O) groups excluding carboxylic acids is 2. The summed E-state index contributed by atoms with van der Waals surface area (Å²) in [7, 11) is 0. The molecule has 1 rings (SSSR count). The molecule has 2 amide bonds. The number of nitrogens with one attached hydrogen (secondary N) is 1. The minimum atomic E-state index is -0.686. The second-order valence-corrected chi connectivity index (χ2v) is 4.17. The molecule has 0 saturated heterocycles. The molecule has 0 aliphatic rings. The fraction of sp³-hybridized carbons (Fsp3) is 0.200. The van der Waals surface area contributed by atoms with Gasteiger partial charge in [0, 0.05) is 6.08 Å². The van der Waals surface area contributed by atoms with Crippen LogP contribution in [0.2, 0.25) is 0 Å². The van der Waals surface area contributed by atoms with Crippen LogP contribution in [0.4, 0.5) is 0 Å². The Morgan fingerprint density at radius 2 is 2.25 bits per heavy atom. The summed E-state index contributed by atoms with van der Waals surface area (Å²) in [5.41, 5.74) is 5.00. The first kappa shape index (κ1) is 12.8. The Hall–Kier alpha value is -1.31. The minimum Gasteiger partial charge on any atom is -0.451 e. The van der Waals surface area contributed by atoms with Gasteiger partial charge < -0.3 is 15.5 Å². The van der Waals surface area contributed by atoms with E-state index in [0.29, 0.717) is 5.76 Å². The quantitative estimate of drug-likeness (QED) is 0.633. The van der Waals surface area contributed by atoms with E-state index in [1.54, 1.807) is 12.1 Å². The Balaban J connectivity index is 2.51. The largest absolute Gasteiger partial charge is 0.451 e. The summed E-state index contributed by atoms with van der Waals surface area (Å²) in [5.74, 6) is -0.390. The zero-order valence-corrected chi connectivity index (χ0v) is 10.7. The molecule has 0 aliphatic carbocycles. The average Bonchev–Trinajstić information content (AvgIpc) is 2.61. The van der Waals surface area contributed by atoms with Gasteiger partial charge in [0.15, 0.2) is 3.77 Å². The number of rotatable bonds is 4. The van der Waals surface area contributed by atoms with Gasteiger partial charge in [0.1, 0.15) is 11.8 Å². The highest BCUT2D eigenvalue weighted by Gasteiger charge is 2.09. The Labute approximate surface area is 106 Å². The van der Waals surface area contributed by atoms with E-state index in [-0.39, 0.29) is 0 Å². The van der Waals surface area contributed by atoms with Crippen molar-refractivity contribution in [1.29, 1.82) is 0 Å². The van der Waals surface area contributed by atoms with Crippen LogP contribution in [-0.2, 0) is 9.59 Å². The molecule has 6 heteroatoms. The van der Waals surface area contributed by atoms with Gasteiger partial charge in [-0.25, -0.2) is 0 Å². The first-order chi connectivity index (χ1) is 7.49. The fourth-order valence-electron chi connectivity index (χ4n) is 0.908. The molecular weight excluding hydrogens is 323 g/mol. The van der Waals surface area contributed by atoms with Crippen LogP contribution in [0.3, 0.4) is 0 Å². The molecule has 1 aromatic heterocycles. The Morgan fingerprint density at radius 3 is 2.75 bits per heavy atom. The maximum Gasteiger partial charge on any atom is 0.244 e. The van der Waals surface area contributed by atoms with E-state index < -0.39 is 17.9 Å². The summed E-state index contributed by atoms with van der Waals surface area (Å²) in [6.45, 7) is 1.52. The van der Waals surface area contributed by atoms with Crippen molar-refractivity contribution < 1.29 is 14.0 Å². The molecular formula is C10H11IN2O3. The average molecular weight is 334 g/mol. The molecule has 0 radical (unpaired) electrons. The monoisotopic (exact) mass is 334 g/mol. The standard InChI is InChI=1S/C10H11IN2O3/c1-6(10(12)15)13-9(14)5-3-7-2-4-8(11)16-7/h2-6H,1H3,(H2,12,15)(H,13,14)/b5-3+. The summed E-state index contributed by atoms with van der Waals surface area (Å²) >= 11 is 2.02. The smallest absolute Gasteiger partial charge is 0.244 e. The molecule has 1 unspecified atom stereocenters. The number of carbonyl (C=O) groups is 2. The molecule has 16 heavy (non-hydrogen) atoms. The normalized spacial score (nSPS) is 12.6. The van der Waals surface area contributed by atoms with Gasteiger partial charge in [0.05, 0.1) is 0 Å². The number of halogens is 1. The Bertz CT molecular complexity index is 425. The SMILES string of the molecule is CC(NC(=O)/C=C/c1ccc(I)o1)C(N)=O. The number of hydrogen-bond acceptors (Lipinski definition) is 3. The third-order valence-corrected chi connectivity index (χ3v) is 2.36. The van der Waals surface area contributed by atoms with Crippen LogP contribution in [0, 0.1) is 3.77 Å². The highest BCUT2D eigenvalue weighted by molar-refractivity contribution is 14.1. The lowest BCUT2D eigenvalue weighted by Gasteiger charge is -2.06. The molecule has 1 heterocycles. The fourth-order valence-corrected chi connectivity index (χ4v) is 1.34. The van der Waals surface area contributed by atoms with Gasteiger partial charge in [0.25, 0.3) is 0 Å². The van der Waals surface area contributed by atoms with Crippen molar-refractivity contribution in [3.8, 4) is 0 Å². The van der Waals surface area contributed by atoms with Crippen LogP contribution in [0.25, 0.3) is 6.08 Å². The van der Waals surface area contributed by atoms with E-state index in [0.717, 1.165) is 3.77 Å². The third-order valence-electron chi connectivity index (χ3n) is 1.78. The number of amides is 2. The lowest BCUT2D eigenvalue weighted by Crippen LogP contribution is -2.41. The molecule has 3 N–H and O–H groups in total. The predicted molar refractivity (Wildman–Crippen MR) is 67.3 cm³/mol. The zero-order chi connectivity index (χ0) is 12.1. The second-order valence-electron chi connectivity index (χ2n) is 3.11. The van der Waals surface area contributed by atoms with Crippen LogP contribution in [0.1, 0.15) is 12.7 Å². The van der Waals surface area contributed by atoms with Crippen LogP contribution >= 0.6 is 22.6 Å². The lowest BCUT2D eigenvalue weighted by molar-refractivity contribution is -0.124. The molecule has 1 aromatic rings. The summed E-state index contributed by atoms with van der Waals surface area (Å²) < 4.78 is 5.95. The summed E-state index contributed by atoms with van der Waals surface area (Å²) in [6.07, 6.45) is 2.81. The maximum absolute atomic E-state index is 11.3. The van der Waals surface area contributed by atoms with E-state index in [9.17, 15) is 9.59 Å². The molecule has 0 fully saturated rings. The van der Waals surface area contributed by atoms with Crippen LogP contribution < -0.4 is 11.1 Å². The van der Waals surface area contributed by atoms with Gasteiger partial charge in [-0.05, 0) is 47.7 Å². The summed E-state index contributed by atoms with van der Waals surface area (Å²) in [5, 5.41) is 2.41. The van der Waals surface area contributed by atoms with Gasteiger partial charge in [-0.2, -0.15) is 0 Å². The van der Waals surface area contributed by atoms with E-state index in [2.05, 4.69) is 5.32 Å². The van der Waals surface area contributed by atoms with E-state index >= 15 is 0 Å². The zero-order valence-electron chi connectivity index (χ0n) is 8.57. The van der Waals surface area contributed by atoms with Crippen molar-refractivity contribution in [2.45, 2.75) is 13.0 Å².